The molecule has 0 aromatic heterocycles. The molecule has 1 atom stereocenters. The predicted molar refractivity (Wildman–Crippen MR) is 505 cm³/mol. The number of rotatable bonds is 70. The molecule has 0 fully saturated rings. The Morgan fingerprint density at radius 1 is 0.345 bits per heavy atom. The number of aliphatic carboxylic acids is 2. The average molecular weight is 1740 g/mol. The van der Waals surface area contributed by atoms with Gasteiger partial charge in [-0.1, -0.05) is 237 Å². The largest absolute Gasteiger partial charge is 1.00 e. The van der Waals surface area contributed by atoms with E-state index in [-0.39, 0.29) is 59.1 Å². The molecule has 0 unspecified atom stereocenters. The van der Waals surface area contributed by atoms with Gasteiger partial charge >= 0.3 is 79.6 Å². The van der Waals surface area contributed by atoms with E-state index in [4.69, 9.17) is 44.4 Å². The molecule has 644 valence electrons. The zero-order valence-electron chi connectivity index (χ0n) is 78.5. The molecule has 0 saturated heterocycles. The van der Waals surface area contributed by atoms with Gasteiger partial charge in [0.05, 0.1) is 0 Å². The van der Waals surface area contributed by atoms with Gasteiger partial charge in [-0.05, 0) is 245 Å². The maximum atomic E-state index is 10.8. The Labute approximate surface area is 743 Å². The third-order valence-electron chi connectivity index (χ3n) is 19.3. The summed E-state index contributed by atoms with van der Waals surface area (Å²) < 4.78 is 51.3. The van der Waals surface area contributed by atoms with Crippen molar-refractivity contribution in [3.63, 3.8) is 0 Å². The molecule has 2 N–H and O–H groups in total. The third kappa shape index (κ3) is 96.6. The molecule has 0 aliphatic heterocycles. The zero-order chi connectivity index (χ0) is 82.9. The van der Waals surface area contributed by atoms with E-state index in [0.29, 0.717) is 18.4 Å². The van der Waals surface area contributed by atoms with Crippen LogP contribution in [0, 0.1) is 0 Å². The van der Waals surface area contributed by atoms with Crippen LogP contribution in [0.4, 0.5) is 0 Å². The van der Waals surface area contributed by atoms with E-state index in [9.17, 15) is 9.59 Å². The number of carbonyl (C=O) groups is 2. The van der Waals surface area contributed by atoms with Crippen LogP contribution in [0.25, 0.3) is 0 Å². The standard InChI is InChI=1S/C43H94O6Si5.C18H32O2.2C10H22OSi.C5H18O2Si3.2Na/c1-13-16-19-31-36-46-50(4,5)38-40-52(8,9)48-54(12,49-53(10,11)41-39-51(6,7)47-37-32-20-17-14-2)42(33-28-18-15-3)34-29-26-24-22-21-23-25-27-30-35-43(44)45;1-2-3-4-5-6-7-8-9-10-11-12-13-14-15-16-17-18(19)20;2*1-5-7-8-9-10-11-12(3,4)6-2;1-8(2)6-10(5)7-9(3)4;;/h24,26,42H,13-23,25,27-41H2,1-12H3,(H,44,45);6-7,9-10H,2-5,8,11-17H2,1H3,(H,19,20);2*6H,2,5,7-10H2,1,3-4H3;8-10H,1-5H3;;/q;;;;;2*+1/b26-24-;7-6-,10-9-;;;;;/t42-;;;;;;/m0....../s1. The summed E-state index contributed by atoms with van der Waals surface area (Å²) in [5.41, 5.74) is 4.47. The molecule has 110 heavy (non-hydrogen) atoms. The van der Waals surface area contributed by atoms with Crippen molar-refractivity contribution in [1.82, 2.24) is 0 Å². The Balaban J connectivity index is -0.000000303. The minimum Gasteiger partial charge on any atom is -0.481 e. The van der Waals surface area contributed by atoms with E-state index in [1.165, 1.54) is 198 Å². The number of hydrogen-bond donors (Lipinski definition) is 2. The van der Waals surface area contributed by atoms with E-state index in [1.807, 2.05) is 11.4 Å². The summed E-state index contributed by atoms with van der Waals surface area (Å²) in [4.78, 5) is 21.1. The van der Waals surface area contributed by atoms with E-state index in [2.05, 4.69) is 209 Å². The summed E-state index contributed by atoms with van der Waals surface area (Å²) >= 11 is 0. The molecule has 0 aromatic carbocycles. The van der Waals surface area contributed by atoms with Gasteiger partial charge in [0.25, 0.3) is 9.28 Å². The van der Waals surface area contributed by atoms with Crippen molar-refractivity contribution in [2.45, 2.75) is 452 Å². The van der Waals surface area contributed by atoms with Crippen LogP contribution in [-0.2, 0) is 43.8 Å². The first-order valence-corrected chi connectivity index (χ1v) is 73.3. The Hall–Kier alpha value is 1.49. The number of hydrogen-bond acceptors (Lipinski definition) is 10. The maximum absolute atomic E-state index is 10.8. The van der Waals surface area contributed by atoms with Crippen LogP contribution in [0.3, 0.4) is 0 Å². The monoisotopic (exact) mass is 1740 g/mol. The van der Waals surface area contributed by atoms with Gasteiger partial charge in [0.15, 0.2) is 51.4 Å². The SMILES string of the molecule is C=C[Si](C)(C)OCCCCCC.C=C[Si](C)(C)OCCCCCC.CCCCC/C=C\C/C=C\CCCCCCCC(=O)O.CCCCCCO[Si](C)(C)CC[Si](C)(C)O[Si](C)(O[Si](C)(C)CC[Si](C)(C)OCCCCCC)[C@H](CC/C=C\CCCCCCCC(=O)O)CCCCC.C[SiH](C)O[SiH](C)O[SiH](C)C.[Na+].[Na+]. The Morgan fingerprint density at radius 3 is 0.945 bits per heavy atom. The summed E-state index contributed by atoms with van der Waals surface area (Å²) in [7, 11) is -16.0. The zero-order valence-corrected chi connectivity index (χ0v) is 92.9. The van der Waals surface area contributed by atoms with Gasteiger partial charge in [0.2, 0.25) is 16.6 Å². The summed E-state index contributed by atoms with van der Waals surface area (Å²) in [5, 5.41) is 17.4. The van der Waals surface area contributed by atoms with Gasteiger partial charge in [0.1, 0.15) is 0 Å². The fraction of sp³-hybridized carbons (Fsp3) is 0.860. The molecule has 0 spiro atoms. The molecule has 0 amide bonds. The van der Waals surface area contributed by atoms with E-state index < -0.39 is 97.8 Å². The van der Waals surface area contributed by atoms with Gasteiger partial charge in [0, 0.05) is 44.8 Å². The Kier molecular flexibility index (Phi) is 93.8. The van der Waals surface area contributed by atoms with Crippen LogP contribution in [0.2, 0.25) is 148 Å². The van der Waals surface area contributed by atoms with Crippen molar-refractivity contribution >= 4 is 97.8 Å². The molecule has 12 nitrogen and oxygen atoms in total. The first-order valence-electron chi connectivity index (χ1n) is 44.8. The van der Waals surface area contributed by atoms with Crippen molar-refractivity contribution in [3.05, 3.63) is 61.0 Å². The third-order valence-corrected chi connectivity index (χ3v) is 49.1. The van der Waals surface area contributed by atoms with E-state index in [0.717, 1.165) is 103 Å². The Morgan fingerprint density at radius 2 is 0.618 bits per heavy atom. The number of unbranched alkanes of at least 4 members (excludes halogenated alkanes) is 27. The van der Waals surface area contributed by atoms with Crippen LogP contribution in [0.5, 0.6) is 0 Å². The number of allylic oxidation sites excluding steroid dienone is 6. The van der Waals surface area contributed by atoms with Crippen molar-refractivity contribution < 1.29 is 113 Å². The van der Waals surface area contributed by atoms with Crippen LogP contribution >= 0.6 is 0 Å². The smallest absolute Gasteiger partial charge is 0.481 e. The molecule has 0 aliphatic rings. The van der Waals surface area contributed by atoms with Crippen molar-refractivity contribution in [2.24, 2.45) is 0 Å². The molecule has 0 heterocycles. The fourth-order valence-electron chi connectivity index (χ4n) is 12.1. The van der Waals surface area contributed by atoms with E-state index >= 15 is 0 Å². The second kappa shape index (κ2) is 82.8. The maximum Gasteiger partial charge on any atom is 1.00 e. The fourth-order valence-corrected chi connectivity index (χ4v) is 44.9. The van der Waals surface area contributed by atoms with Gasteiger partial charge in [-0.25, -0.2) is 0 Å². The molecular weight excluding hydrogens is 1550 g/mol. The minimum atomic E-state index is -2.58. The number of carboxylic acids is 2. The molecule has 0 bridgehead atoms. The van der Waals surface area contributed by atoms with Crippen LogP contribution in [0.1, 0.15) is 305 Å². The van der Waals surface area contributed by atoms with Crippen LogP contribution in [-0.4, -0.2) is 134 Å². The average Bonchev–Trinajstić information content (AvgIpc) is 0.795. The van der Waals surface area contributed by atoms with Crippen molar-refractivity contribution in [2.75, 3.05) is 26.4 Å². The second-order valence-corrected chi connectivity index (χ2v) is 71.2. The molecule has 0 aromatic rings. The van der Waals surface area contributed by atoms with Crippen LogP contribution < -0.4 is 59.1 Å². The topological polar surface area (TPSA) is 148 Å². The molecule has 24 heteroatoms. The molecule has 0 rings (SSSR count). The Bertz CT molecular complexity index is 2040. The first kappa shape index (κ1) is 125. The second-order valence-electron chi connectivity index (χ2n) is 34.8. The summed E-state index contributed by atoms with van der Waals surface area (Å²) in [5.74, 6) is -1.35. The molecule has 0 saturated carbocycles. The molecular formula is C86H188Na2O12Si10+2. The van der Waals surface area contributed by atoms with Gasteiger partial charge < -0.3 is 44.4 Å². The first-order chi connectivity index (χ1) is 50.9. The summed E-state index contributed by atoms with van der Waals surface area (Å²) in [6.07, 6.45) is 61.4. The summed E-state index contributed by atoms with van der Waals surface area (Å²) in [6, 6.07) is 4.64. The van der Waals surface area contributed by atoms with Crippen molar-refractivity contribution in [3.8, 4) is 0 Å². The molecule has 0 radical (unpaired) electrons. The van der Waals surface area contributed by atoms with Crippen molar-refractivity contribution in [1.29, 1.82) is 0 Å². The minimum absolute atomic E-state index is 0. The van der Waals surface area contributed by atoms with E-state index in [1.54, 1.807) is 0 Å². The normalized spacial score (nSPS) is 12.6. The van der Waals surface area contributed by atoms with Crippen LogP contribution in [0.15, 0.2) is 61.0 Å². The molecule has 0 aliphatic carbocycles. The quantitative estimate of drug-likeness (QED) is 0.0339. The van der Waals surface area contributed by atoms with Gasteiger partial charge in [-0.3, -0.25) is 9.59 Å². The predicted octanol–water partition coefficient (Wildman–Crippen LogP) is 23.0. The number of carboxylic acid groups (broad SMARTS) is 2. The van der Waals surface area contributed by atoms with Gasteiger partial charge in [-0.15, -0.1) is 13.2 Å². The van der Waals surface area contributed by atoms with Gasteiger partial charge in [-0.2, -0.15) is 0 Å². The summed E-state index contributed by atoms with van der Waals surface area (Å²) in [6.45, 7) is 66.4.